The molecule has 1 aromatic carbocycles. The standard InChI is InChI=1S/C14H21NO/c1-9-6-7-11(10(2)8-9)12(16)13(15)14(3,4)5/h6-8,13H,15H2,1-5H3. The molecule has 1 rings (SSSR count). The van der Waals surface area contributed by atoms with Crippen LogP contribution in [-0.4, -0.2) is 11.8 Å². The van der Waals surface area contributed by atoms with Crippen molar-refractivity contribution in [2.45, 2.75) is 40.7 Å². The Morgan fingerprint density at radius 3 is 2.25 bits per heavy atom. The first-order valence-corrected chi connectivity index (χ1v) is 5.60. The van der Waals surface area contributed by atoms with E-state index in [2.05, 4.69) is 0 Å². The van der Waals surface area contributed by atoms with E-state index in [1.165, 1.54) is 5.56 Å². The van der Waals surface area contributed by atoms with Crippen LogP contribution in [0.15, 0.2) is 18.2 Å². The van der Waals surface area contributed by atoms with E-state index in [0.717, 1.165) is 11.1 Å². The van der Waals surface area contributed by atoms with Gasteiger partial charge in [0.15, 0.2) is 5.78 Å². The molecular weight excluding hydrogens is 198 g/mol. The molecule has 0 heterocycles. The molecule has 0 fully saturated rings. The van der Waals surface area contributed by atoms with Crippen LogP contribution in [0.4, 0.5) is 0 Å². The summed E-state index contributed by atoms with van der Waals surface area (Å²) in [4.78, 5) is 12.2. The van der Waals surface area contributed by atoms with E-state index in [-0.39, 0.29) is 11.2 Å². The Balaban J connectivity index is 3.06. The summed E-state index contributed by atoms with van der Waals surface area (Å²) in [7, 11) is 0. The lowest BCUT2D eigenvalue weighted by atomic mass is 9.82. The summed E-state index contributed by atoms with van der Waals surface area (Å²) in [5.74, 6) is 0.0324. The fraction of sp³-hybridized carbons (Fsp3) is 0.500. The normalized spacial score (nSPS) is 13.6. The number of hydrogen-bond donors (Lipinski definition) is 1. The van der Waals surface area contributed by atoms with Gasteiger partial charge in [-0.2, -0.15) is 0 Å². The van der Waals surface area contributed by atoms with Crippen LogP contribution in [0.5, 0.6) is 0 Å². The number of carbonyl (C=O) groups excluding carboxylic acids is 1. The molecule has 0 amide bonds. The van der Waals surface area contributed by atoms with Crippen molar-refractivity contribution in [3.05, 3.63) is 34.9 Å². The highest BCUT2D eigenvalue weighted by Crippen LogP contribution is 2.22. The molecule has 88 valence electrons. The van der Waals surface area contributed by atoms with E-state index in [0.29, 0.717) is 0 Å². The molecule has 16 heavy (non-hydrogen) atoms. The molecule has 1 unspecified atom stereocenters. The Bertz CT molecular complexity index is 402. The van der Waals surface area contributed by atoms with Crippen molar-refractivity contribution in [1.29, 1.82) is 0 Å². The van der Waals surface area contributed by atoms with E-state index in [1.54, 1.807) is 0 Å². The largest absolute Gasteiger partial charge is 0.321 e. The number of hydrogen-bond acceptors (Lipinski definition) is 2. The van der Waals surface area contributed by atoms with Crippen LogP contribution < -0.4 is 5.73 Å². The first-order valence-electron chi connectivity index (χ1n) is 5.60. The zero-order chi connectivity index (χ0) is 12.5. The minimum atomic E-state index is -0.450. The van der Waals surface area contributed by atoms with Crippen molar-refractivity contribution < 1.29 is 4.79 Å². The minimum Gasteiger partial charge on any atom is -0.321 e. The molecule has 1 atom stereocenters. The molecule has 1 aromatic rings. The van der Waals surface area contributed by atoms with Gasteiger partial charge in [0.05, 0.1) is 6.04 Å². The summed E-state index contributed by atoms with van der Waals surface area (Å²) < 4.78 is 0. The van der Waals surface area contributed by atoms with Crippen LogP contribution in [0, 0.1) is 19.3 Å². The Morgan fingerprint density at radius 1 is 1.25 bits per heavy atom. The molecular formula is C14H21NO. The lowest BCUT2D eigenvalue weighted by Crippen LogP contribution is -2.42. The van der Waals surface area contributed by atoms with Gasteiger partial charge in [-0.3, -0.25) is 4.79 Å². The highest BCUT2D eigenvalue weighted by atomic mass is 16.1. The van der Waals surface area contributed by atoms with Gasteiger partial charge in [0.25, 0.3) is 0 Å². The van der Waals surface area contributed by atoms with E-state index in [4.69, 9.17) is 5.73 Å². The second-order valence-electron chi connectivity index (χ2n) is 5.53. The number of benzene rings is 1. The number of rotatable bonds is 2. The van der Waals surface area contributed by atoms with Crippen LogP contribution in [0.3, 0.4) is 0 Å². The fourth-order valence-electron chi connectivity index (χ4n) is 1.65. The molecule has 0 aliphatic heterocycles. The zero-order valence-corrected chi connectivity index (χ0v) is 10.8. The molecule has 0 saturated carbocycles. The maximum Gasteiger partial charge on any atom is 0.180 e. The SMILES string of the molecule is Cc1ccc(C(=O)C(N)C(C)(C)C)c(C)c1. The van der Waals surface area contributed by atoms with Crippen LogP contribution in [0.1, 0.15) is 42.3 Å². The van der Waals surface area contributed by atoms with Gasteiger partial charge >= 0.3 is 0 Å². The molecule has 0 spiro atoms. The van der Waals surface area contributed by atoms with E-state index in [9.17, 15) is 4.79 Å². The monoisotopic (exact) mass is 219 g/mol. The lowest BCUT2D eigenvalue weighted by Gasteiger charge is -2.26. The molecule has 0 bridgehead atoms. The van der Waals surface area contributed by atoms with Gasteiger partial charge < -0.3 is 5.73 Å². The van der Waals surface area contributed by atoms with E-state index < -0.39 is 6.04 Å². The summed E-state index contributed by atoms with van der Waals surface area (Å²) in [6, 6.07) is 5.39. The summed E-state index contributed by atoms with van der Waals surface area (Å²) in [6.07, 6.45) is 0. The molecule has 0 saturated heterocycles. The summed E-state index contributed by atoms with van der Waals surface area (Å²) in [5.41, 5.74) is 8.70. The van der Waals surface area contributed by atoms with Gasteiger partial charge in [0, 0.05) is 5.56 Å². The molecule has 2 nitrogen and oxygen atoms in total. The van der Waals surface area contributed by atoms with Crippen molar-refractivity contribution in [1.82, 2.24) is 0 Å². The minimum absolute atomic E-state index is 0.0324. The third kappa shape index (κ3) is 2.70. The van der Waals surface area contributed by atoms with Crippen LogP contribution in [0.25, 0.3) is 0 Å². The first-order chi connectivity index (χ1) is 7.23. The van der Waals surface area contributed by atoms with Crippen molar-refractivity contribution in [3.63, 3.8) is 0 Å². The smallest absolute Gasteiger partial charge is 0.180 e. The number of aryl methyl sites for hydroxylation is 2. The molecule has 2 N–H and O–H groups in total. The predicted molar refractivity (Wildman–Crippen MR) is 67.7 cm³/mol. The predicted octanol–water partition coefficient (Wildman–Crippen LogP) is 2.86. The number of ketones is 1. The lowest BCUT2D eigenvalue weighted by molar-refractivity contribution is 0.0900. The summed E-state index contributed by atoms with van der Waals surface area (Å²) in [6.45, 7) is 9.93. The van der Waals surface area contributed by atoms with Gasteiger partial charge in [0.2, 0.25) is 0 Å². The van der Waals surface area contributed by atoms with E-state index >= 15 is 0 Å². The molecule has 2 heteroatoms. The topological polar surface area (TPSA) is 43.1 Å². The molecule has 0 aliphatic rings. The second-order valence-corrected chi connectivity index (χ2v) is 5.53. The Morgan fingerprint density at radius 2 is 1.81 bits per heavy atom. The Kier molecular flexibility index (Phi) is 3.54. The van der Waals surface area contributed by atoms with Gasteiger partial charge in [-0.05, 0) is 24.8 Å². The van der Waals surface area contributed by atoms with Gasteiger partial charge in [-0.25, -0.2) is 0 Å². The summed E-state index contributed by atoms with van der Waals surface area (Å²) >= 11 is 0. The van der Waals surface area contributed by atoms with Gasteiger partial charge in [-0.15, -0.1) is 0 Å². The number of carbonyl (C=O) groups is 1. The van der Waals surface area contributed by atoms with Crippen molar-refractivity contribution in [3.8, 4) is 0 Å². The zero-order valence-electron chi connectivity index (χ0n) is 10.8. The average Bonchev–Trinajstić information content (AvgIpc) is 2.14. The maximum atomic E-state index is 12.2. The van der Waals surface area contributed by atoms with Crippen molar-refractivity contribution >= 4 is 5.78 Å². The number of Topliss-reactive ketones (excluding diaryl/α,β-unsaturated/α-hetero) is 1. The quantitative estimate of drug-likeness (QED) is 0.777. The van der Waals surface area contributed by atoms with E-state index in [1.807, 2.05) is 52.8 Å². The molecule has 0 aromatic heterocycles. The summed E-state index contributed by atoms with van der Waals surface area (Å²) in [5, 5.41) is 0. The Hall–Kier alpha value is -1.15. The third-order valence-corrected chi connectivity index (χ3v) is 2.86. The highest BCUT2D eigenvalue weighted by Gasteiger charge is 2.28. The maximum absolute atomic E-state index is 12.2. The average molecular weight is 219 g/mol. The van der Waals surface area contributed by atoms with Crippen molar-refractivity contribution in [2.24, 2.45) is 11.1 Å². The number of nitrogens with two attached hydrogens (primary N) is 1. The van der Waals surface area contributed by atoms with Gasteiger partial charge in [0.1, 0.15) is 0 Å². The third-order valence-electron chi connectivity index (χ3n) is 2.86. The first kappa shape index (κ1) is 12.9. The van der Waals surface area contributed by atoms with Gasteiger partial charge in [-0.1, -0.05) is 44.5 Å². The molecule has 0 radical (unpaired) electrons. The van der Waals surface area contributed by atoms with Crippen LogP contribution >= 0.6 is 0 Å². The second kappa shape index (κ2) is 4.38. The Labute approximate surface area is 97.9 Å². The van der Waals surface area contributed by atoms with Crippen molar-refractivity contribution in [2.75, 3.05) is 0 Å². The fourth-order valence-corrected chi connectivity index (χ4v) is 1.65. The van der Waals surface area contributed by atoms with Crippen LogP contribution in [0.2, 0.25) is 0 Å². The molecule has 0 aliphatic carbocycles. The highest BCUT2D eigenvalue weighted by molar-refractivity contribution is 6.01. The van der Waals surface area contributed by atoms with Crippen LogP contribution in [-0.2, 0) is 0 Å².